The van der Waals surface area contributed by atoms with Gasteiger partial charge in [-0.1, -0.05) is 13.0 Å². The number of anilines is 1. The molecule has 0 saturated heterocycles. The molecule has 1 aromatic carbocycles. The fraction of sp³-hybridized carbons (Fsp3) is 0.538. The summed E-state index contributed by atoms with van der Waals surface area (Å²) < 4.78 is 5.71. The van der Waals surface area contributed by atoms with Gasteiger partial charge in [-0.05, 0) is 18.6 Å². The molecule has 0 radical (unpaired) electrons. The van der Waals surface area contributed by atoms with E-state index < -0.39 is 0 Å². The molecular formula is C13H22N2O2. The van der Waals surface area contributed by atoms with E-state index in [1.165, 1.54) is 0 Å². The molecule has 0 bridgehead atoms. The van der Waals surface area contributed by atoms with Crippen molar-refractivity contribution in [2.24, 2.45) is 5.73 Å². The van der Waals surface area contributed by atoms with Gasteiger partial charge in [-0.25, -0.2) is 0 Å². The minimum Gasteiger partial charge on any atom is -0.486 e. The van der Waals surface area contributed by atoms with Crippen LogP contribution in [0.3, 0.4) is 0 Å². The summed E-state index contributed by atoms with van der Waals surface area (Å²) in [4.78, 5) is 2.00. The van der Waals surface area contributed by atoms with Gasteiger partial charge in [0.1, 0.15) is 11.9 Å². The molecule has 17 heavy (non-hydrogen) atoms. The van der Waals surface area contributed by atoms with Crippen molar-refractivity contribution in [2.45, 2.75) is 25.5 Å². The largest absolute Gasteiger partial charge is 0.486 e. The van der Waals surface area contributed by atoms with Gasteiger partial charge in [-0.3, -0.25) is 0 Å². The van der Waals surface area contributed by atoms with Gasteiger partial charge >= 0.3 is 0 Å². The Morgan fingerprint density at radius 3 is 2.65 bits per heavy atom. The summed E-state index contributed by atoms with van der Waals surface area (Å²) in [7, 11) is 3.95. The molecule has 0 heterocycles. The van der Waals surface area contributed by atoms with E-state index in [9.17, 15) is 5.11 Å². The lowest BCUT2D eigenvalue weighted by atomic mass is 10.1. The second-order valence-electron chi connectivity index (χ2n) is 4.30. The van der Waals surface area contributed by atoms with Crippen molar-refractivity contribution in [1.82, 2.24) is 0 Å². The van der Waals surface area contributed by atoms with Gasteiger partial charge in [-0.2, -0.15) is 0 Å². The fourth-order valence-electron chi connectivity index (χ4n) is 1.53. The van der Waals surface area contributed by atoms with Crippen molar-refractivity contribution in [2.75, 3.05) is 25.6 Å². The molecule has 4 heteroatoms. The second-order valence-corrected chi connectivity index (χ2v) is 4.30. The van der Waals surface area contributed by atoms with E-state index in [0.717, 1.165) is 17.9 Å². The topological polar surface area (TPSA) is 58.7 Å². The molecule has 0 spiro atoms. The maximum Gasteiger partial charge on any atom is 0.137 e. The highest BCUT2D eigenvalue weighted by atomic mass is 16.5. The van der Waals surface area contributed by atoms with E-state index in [2.05, 4.69) is 0 Å². The maximum absolute atomic E-state index is 9.25. The summed E-state index contributed by atoms with van der Waals surface area (Å²) in [5.74, 6) is 0.735. The van der Waals surface area contributed by atoms with Crippen LogP contribution in [0.25, 0.3) is 0 Å². The van der Waals surface area contributed by atoms with Gasteiger partial charge in [0, 0.05) is 31.9 Å². The Hall–Kier alpha value is -1.26. The molecule has 0 amide bonds. The van der Waals surface area contributed by atoms with Crippen LogP contribution >= 0.6 is 0 Å². The summed E-state index contributed by atoms with van der Waals surface area (Å²) in [6, 6.07) is 7.59. The molecule has 3 N–H and O–H groups in total. The fourth-order valence-corrected chi connectivity index (χ4v) is 1.53. The van der Waals surface area contributed by atoms with Crippen LogP contribution in [0.15, 0.2) is 24.3 Å². The third kappa shape index (κ3) is 3.91. The summed E-state index contributed by atoms with van der Waals surface area (Å²) in [6.07, 6.45) is 0.427. The van der Waals surface area contributed by atoms with E-state index >= 15 is 0 Å². The molecule has 0 aliphatic heterocycles. The van der Waals surface area contributed by atoms with E-state index in [4.69, 9.17) is 10.5 Å². The van der Waals surface area contributed by atoms with Crippen LogP contribution in [-0.2, 0) is 0 Å². The number of benzene rings is 1. The van der Waals surface area contributed by atoms with Crippen LogP contribution < -0.4 is 15.4 Å². The monoisotopic (exact) mass is 238 g/mol. The number of aliphatic hydroxyl groups excluding tert-OH is 1. The molecule has 0 aromatic heterocycles. The highest BCUT2D eigenvalue weighted by molar-refractivity contribution is 5.49. The molecule has 0 saturated carbocycles. The molecule has 0 fully saturated rings. The normalized spacial score (nSPS) is 14.2. The number of nitrogens with two attached hydrogens (primary N) is 1. The van der Waals surface area contributed by atoms with E-state index in [1.807, 2.05) is 50.2 Å². The first kappa shape index (κ1) is 13.8. The number of hydrogen-bond acceptors (Lipinski definition) is 4. The van der Waals surface area contributed by atoms with Gasteiger partial charge in [-0.15, -0.1) is 0 Å². The lowest BCUT2D eigenvalue weighted by Crippen LogP contribution is -2.41. The van der Waals surface area contributed by atoms with Crippen LogP contribution in [0.4, 0.5) is 5.69 Å². The zero-order valence-electron chi connectivity index (χ0n) is 10.8. The molecule has 2 atom stereocenters. The SMILES string of the molecule is CCC(N)C(CO)Oc1cccc(N(C)C)c1. The number of rotatable bonds is 6. The standard InChI is InChI=1S/C13H22N2O2/c1-4-12(14)13(9-16)17-11-7-5-6-10(8-11)15(2)3/h5-8,12-13,16H,4,9,14H2,1-3H3. The molecule has 1 aromatic rings. The highest BCUT2D eigenvalue weighted by Gasteiger charge is 2.17. The van der Waals surface area contributed by atoms with E-state index in [1.54, 1.807) is 0 Å². The van der Waals surface area contributed by atoms with Crippen LogP contribution in [0.5, 0.6) is 5.75 Å². The first-order chi connectivity index (χ1) is 8.08. The van der Waals surface area contributed by atoms with Gasteiger partial charge in [0.25, 0.3) is 0 Å². The Morgan fingerprint density at radius 1 is 1.41 bits per heavy atom. The van der Waals surface area contributed by atoms with Crippen molar-refractivity contribution < 1.29 is 9.84 Å². The first-order valence-electron chi connectivity index (χ1n) is 5.89. The van der Waals surface area contributed by atoms with Crippen LogP contribution in [0, 0.1) is 0 Å². The van der Waals surface area contributed by atoms with E-state index in [-0.39, 0.29) is 18.8 Å². The Kier molecular flexibility index (Phi) is 5.25. The number of hydrogen-bond donors (Lipinski definition) is 2. The van der Waals surface area contributed by atoms with Crippen molar-refractivity contribution in [3.63, 3.8) is 0 Å². The van der Waals surface area contributed by atoms with Crippen LogP contribution in [-0.4, -0.2) is 38.0 Å². The lowest BCUT2D eigenvalue weighted by Gasteiger charge is -2.23. The van der Waals surface area contributed by atoms with Gasteiger partial charge < -0.3 is 20.5 Å². The quantitative estimate of drug-likeness (QED) is 0.782. The van der Waals surface area contributed by atoms with Crippen molar-refractivity contribution in [3.8, 4) is 5.75 Å². The van der Waals surface area contributed by atoms with Gasteiger partial charge in [0.15, 0.2) is 0 Å². The summed E-state index contributed by atoms with van der Waals surface area (Å²) in [5.41, 5.74) is 6.94. The number of nitrogens with zero attached hydrogens (tertiary/aromatic N) is 1. The Morgan fingerprint density at radius 2 is 2.12 bits per heavy atom. The lowest BCUT2D eigenvalue weighted by molar-refractivity contribution is 0.0933. The molecular weight excluding hydrogens is 216 g/mol. The Balaban J connectivity index is 2.76. The van der Waals surface area contributed by atoms with Gasteiger partial charge in [0.05, 0.1) is 6.61 Å². The summed E-state index contributed by atoms with van der Waals surface area (Å²) in [5, 5.41) is 9.25. The molecule has 96 valence electrons. The molecule has 0 aliphatic carbocycles. The minimum atomic E-state index is -0.350. The van der Waals surface area contributed by atoms with Crippen LogP contribution in [0.2, 0.25) is 0 Å². The molecule has 0 aliphatic rings. The molecule has 1 rings (SSSR count). The average Bonchev–Trinajstić information content (AvgIpc) is 2.35. The third-order valence-corrected chi connectivity index (χ3v) is 2.75. The number of ether oxygens (including phenoxy) is 1. The zero-order chi connectivity index (χ0) is 12.8. The Bertz CT molecular complexity index is 342. The summed E-state index contributed by atoms with van der Waals surface area (Å²) in [6.45, 7) is 1.91. The van der Waals surface area contributed by atoms with Crippen LogP contribution in [0.1, 0.15) is 13.3 Å². The van der Waals surface area contributed by atoms with E-state index in [0.29, 0.717) is 0 Å². The average molecular weight is 238 g/mol. The maximum atomic E-state index is 9.25. The highest BCUT2D eigenvalue weighted by Crippen LogP contribution is 2.21. The number of aliphatic hydroxyl groups is 1. The molecule has 2 unspecified atom stereocenters. The zero-order valence-corrected chi connectivity index (χ0v) is 10.8. The van der Waals surface area contributed by atoms with Gasteiger partial charge in [0.2, 0.25) is 0 Å². The predicted octanol–water partition coefficient (Wildman–Crippen LogP) is 1.23. The molecule has 4 nitrogen and oxygen atoms in total. The van der Waals surface area contributed by atoms with Crippen molar-refractivity contribution >= 4 is 5.69 Å². The smallest absolute Gasteiger partial charge is 0.137 e. The predicted molar refractivity (Wildman–Crippen MR) is 70.5 cm³/mol. The second kappa shape index (κ2) is 6.47. The van der Waals surface area contributed by atoms with Crippen molar-refractivity contribution in [1.29, 1.82) is 0 Å². The first-order valence-corrected chi connectivity index (χ1v) is 5.89. The summed E-state index contributed by atoms with van der Waals surface area (Å²) >= 11 is 0. The van der Waals surface area contributed by atoms with Crippen molar-refractivity contribution in [3.05, 3.63) is 24.3 Å². The Labute approximate surface area is 103 Å². The third-order valence-electron chi connectivity index (χ3n) is 2.75. The minimum absolute atomic E-state index is 0.0683.